The van der Waals surface area contributed by atoms with Crippen molar-refractivity contribution < 1.29 is 9.59 Å². The van der Waals surface area contributed by atoms with Crippen molar-refractivity contribution in [2.45, 2.75) is 19.3 Å². The number of nitriles is 1. The van der Waals surface area contributed by atoms with Crippen LogP contribution in [0.15, 0.2) is 72.8 Å². The zero-order valence-electron chi connectivity index (χ0n) is 16.5. The highest BCUT2D eigenvalue weighted by atomic mass is 16.2. The lowest BCUT2D eigenvalue weighted by Gasteiger charge is -2.23. The van der Waals surface area contributed by atoms with Crippen molar-refractivity contribution in [3.05, 3.63) is 95.1 Å². The molecule has 4 rings (SSSR count). The number of fused-ring (bicyclic) bond motifs is 1. The van der Waals surface area contributed by atoms with Gasteiger partial charge in [0.25, 0.3) is 11.8 Å². The number of carbonyl (C=O) groups is 2. The Morgan fingerprint density at radius 1 is 0.900 bits per heavy atom. The minimum absolute atomic E-state index is 0.0380. The average molecular weight is 395 g/mol. The van der Waals surface area contributed by atoms with E-state index in [0.717, 1.165) is 24.9 Å². The Balaban J connectivity index is 1.50. The third kappa shape index (κ3) is 4.08. The molecule has 2 amide bonds. The standard InChI is InChI=1S/C25H21N3O2/c26-17-18-6-5-9-21(16-18)24(29)27-22-13-11-20(12-14-22)25(30)28-15-4-3-8-19-7-1-2-10-23(19)28/h1-2,5-7,9-14,16H,3-4,8,15H2,(H,27,29). The Labute approximate surface area is 175 Å². The van der Waals surface area contributed by atoms with Crippen LogP contribution < -0.4 is 10.2 Å². The van der Waals surface area contributed by atoms with Gasteiger partial charge in [-0.25, -0.2) is 0 Å². The van der Waals surface area contributed by atoms with Gasteiger partial charge < -0.3 is 10.2 Å². The summed E-state index contributed by atoms with van der Waals surface area (Å²) in [5.41, 5.74) is 4.20. The van der Waals surface area contributed by atoms with Crippen LogP contribution in [-0.4, -0.2) is 18.4 Å². The number of nitrogens with zero attached hydrogens (tertiary/aromatic N) is 2. The fourth-order valence-electron chi connectivity index (χ4n) is 3.69. The van der Waals surface area contributed by atoms with Crippen molar-refractivity contribution in [3.8, 4) is 6.07 Å². The second-order valence-electron chi connectivity index (χ2n) is 7.27. The second kappa shape index (κ2) is 8.62. The van der Waals surface area contributed by atoms with Crippen molar-refractivity contribution in [2.75, 3.05) is 16.8 Å². The van der Waals surface area contributed by atoms with E-state index in [-0.39, 0.29) is 11.8 Å². The number of carbonyl (C=O) groups excluding carboxylic acids is 2. The van der Waals surface area contributed by atoms with Gasteiger partial charge in [0.1, 0.15) is 0 Å². The van der Waals surface area contributed by atoms with Crippen molar-refractivity contribution in [3.63, 3.8) is 0 Å². The Hall–Kier alpha value is -3.91. The summed E-state index contributed by atoms with van der Waals surface area (Å²) in [5.74, 6) is -0.337. The van der Waals surface area contributed by atoms with Crippen molar-refractivity contribution in [2.24, 2.45) is 0 Å². The molecule has 1 aliphatic heterocycles. The van der Waals surface area contributed by atoms with Gasteiger partial charge in [0.15, 0.2) is 0 Å². The summed E-state index contributed by atoms with van der Waals surface area (Å²) in [6, 6.07) is 23.5. The summed E-state index contributed by atoms with van der Waals surface area (Å²) >= 11 is 0. The Morgan fingerprint density at radius 3 is 2.50 bits per heavy atom. The highest BCUT2D eigenvalue weighted by molar-refractivity contribution is 6.07. The topological polar surface area (TPSA) is 73.2 Å². The van der Waals surface area contributed by atoms with Crippen LogP contribution in [0.2, 0.25) is 0 Å². The number of anilines is 2. The van der Waals surface area contributed by atoms with Crippen molar-refractivity contribution >= 4 is 23.2 Å². The second-order valence-corrected chi connectivity index (χ2v) is 7.27. The summed E-state index contributed by atoms with van der Waals surface area (Å²) in [6.07, 6.45) is 3.02. The normalized spacial score (nSPS) is 13.0. The van der Waals surface area contributed by atoms with Crippen LogP contribution in [0.25, 0.3) is 0 Å². The van der Waals surface area contributed by atoms with E-state index in [4.69, 9.17) is 5.26 Å². The molecule has 0 radical (unpaired) electrons. The van der Waals surface area contributed by atoms with Gasteiger partial charge in [-0.1, -0.05) is 24.3 Å². The average Bonchev–Trinajstić information content (AvgIpc) is 3.02. The Kier molecular flexibility index (Phi) is 5.58. The maximum Gasteiger partial charge on any atom is 0.258 e. The molecule has 30 heavy (non-hydrogen) atoms. The number of nitrogens with one attached hydrogen (secondary N) is 1. The van der Waals surface area contributed by atoms with E-state index in [1.807, 2.05) is 29.2 Å². The monoisotopic (exact) mass is 395 g/mol. The third-order valence-corrected chi connectivity index (χ3v) is 5.25. The number of benzene rings is 3. The molecule has 0 aliphatic carbocycles. The largest absolute Gasteiger partial charge is 0.322 e. The first kappa shape index (κ1) is 19.4. The summed E-state index contributed by atoms with van der Waals surface area (Å²) < 4.78 is 0. The van der Waals surface area contributed by atoms with Gasteiger partial charge >= 0.3 is 0 Å². The molecule has 0 unspecified atom stereocenters. The number of aryl methyl sites for hydroxylation is 1. The van der Waals surface area contributed by atoms with Gasteiger partial charge in [-0.05, 0) is 73.4 Å². The molecule has 3 aromatic carbocycles. The van der Waals surface area contributed by atoms with E-state index >= 15 is 0 Å². The number of hydrogen-bond donors (Lipinski definition) is 1. The van der Waals surface area contributed by atoms with Gasteiger partial charge in [0.2, 0.25) is 0 Å². The molecular formula is C25H21N3O2. The van der Waals surface area contributed by atoms with Gasteiger partial charge in [0, 0.05) is 29.0 Å². The minimum atomic E-state index is -0.298. The molecule has 148 valence electrons. The molecule has 0 bridgehead atoms. The van der Waals surface area contributed by atoms with Gasteiger partial charge in [-0.2, -0.15) is 5.26 Å². The molecular weight excluding hydrogens is 374 g/mol. The summed E-state index contributed by atoms with van der Waals surface area (Å²) in [5, 5.41) is 11.8. The van der Waals surface area contributed by atoms with Crippen LogP contribution in [0.1, 0.15) is 44.7 Å². The molecule has 3 aromatic rings. The number of amides is 2. The number of para-hydroxylation sites is 1. The van der Waals surface area contributed by atoms with Gasteiger partial charge in [-0.15, -0.1) is 0 Å². The molecule has 0 spiro atoms. The van der Waals surface area contributed by atoms with E-state index in [2.05, 4.69) is 11.4 Å². The molecule has 1 aliphatic rings. The van der Waals surface area contributed by atoms with Crippen LogP contribution in [-0.2, 0) is 6.42 Å². The molecule has 0 fully saturated rings. The Morgan fingerprint density at radius 2 is 1.70 bits per heavy atom. The third-order valence-electron chi connectivity index (χ3n) is 5.25. The van der Waals surface area contributed by atoms with Gasteiger partial charge in [0.05, 0.1) is 11.6 Å². The number of rotatable bonds is 3. The lowest BCUT2D eigenvalue weighted by molar-refractivity contribution is 0.0985. The molecule has 5 nitrogen and oxygen atoms in total. The first-order valence-corrected chi connectivity index (χ1v) is 9.97. The highest BCUT2D eigenvalue weighted by Gasteiger charge is 2.22. The maximum atomic E-state index is 13.1. The predicted octanol–water partition coefficient (Wildman–Crippen LogP) is 4.79. The molecule has 0 saturated heterocycles. The van der Waals surface area contributed by atoms with Crippen LogP contribution >= 0.6 is 0 Å². The van der Waals surface area contributed by atoms with Crippen molar-refractivity contribution in [1.29, 1.82) is 5.26 Å². The van der Waals surface area contributed by atoms with Crippen molar-refractivity contribution in [1.82, 2.24) is 0 Å². The van der Waals surface area contributed by atoms with Crippen LogP contribution in [0.4, 0.5) is 11.4 Å². The minimum Gasteiger partial charge on any atom is -0.322 e. The van der Waals surface area contributed by atoms with E-state index in [0.29, 0.717) is 28.9 Å². The fourth-order valence-corrected chi connectivity index (χ4v) is 3.69. The lowest BCUT2D eigenvalue weighted by Crippen LogP contribution is -2.31. The van der Waals surface area contributed by atoms with E-state index in [1.54, 1.807) is 48.5 Å². The fraction of sp³-hybridized carbons (Fsp3) is 0.160. The molecule has 1 heterocycles. The Bertz CT molecular complexity index is 1130. The first-order valence-electron chi connectivity index (χ1n) is 9.97. The quantitative estimate of drug-likeness (QED) is 0.693. The zero-order valence-corrected chi connectivity index (χ0v) is 16.5. The molecule has 0 atom stereocenters. The van der Waals surface area contributed by atoms with E-state index in [9.17, 15) is 9.59 Å². The van der Waals surface area contributed by atoms with Gasteiger partial charge in [-0.3, -0.25) is 9.59 Å². The molecule has 0 aromatic heterocycles. The van der Waals surface area contributed by atoms with Crippen LogP contribution in [0.3, 0.4) is 0 Å². The predicted molar refractivity (Wildman–Crippen MR) is 117 cm³/mol. The van der Waals surface area contributed by atoms with E-state index < -0.39 is 0 Å². The highest BCUT2D eigenvalue weighted by Crippen LogP contribution is 2.27. The molecule has 5 heteroatoms. The lowest BCUT2D eigenvalue weighted by atomic mass is 10.1. The molecule has 0 saturated carbocycles. The van der Waals surface area contributed by atoms with E-state index in [1.165, 1.54) is 5.56 Å². The maximum absolute atomic E-state index is 13.1. The summed E-state index contributed by atoms with van der Waals surface area (Å²) in [4.78, 5) is 27.4. The van der Waals surface area contributed by atoms with Crippen LogP contribution in [0, 0.1) is 11.3 Å². The smallest absolute Gasteiger partial charge is 0.258 e. The summed E-state index contributed by atoms with van der Waals surface area (Å²) in [6.45, 7) is 0.698. The molecule has 1 N–H and O–H groups in total. The summed E-state index contributed by atoms with van der Waals surface area (Å²) in [7, 11) is 0. The number of hydrogen-bond acceptors (Lipinski definition) is 3. The van der Waals surface area contributed by atoms with Crippen LogP contribution in [0.5, 0.6) is 0 Å². The zero-order chi connectivity index (χ0) is 20.9. The first-order chi connectivity index (χ1) is 14.7. The SMILES string of the molecule is N#Cc1cccc(C(=O)Nc2ccc(C(=O)N3CCCCc4ccccc43)cc2)c1.